The Balaban J connectivity index is 2.20. The lowest BCUT2D eigenvalue weighted by Gasteiger charge is -2.13. The van der Waals surface area contributed by atoms with Crippen molar-refractivity contribution in [3.05, 3.63) is 29.8 Å². The maximum Gasteiger partial charge on any atom is 0.119 e. The van der Waals surface area contributed by atoms with Crippen LogP contribution in [0.1, 0.15) is 25.3 Å². The van der Waals surface area contributed by atoms with Crippen LogP contribution in [0.25, 0.3) is 0 Å². The Hall–Kier alpha value is -1.10. The van der Waals surface area contributed by atoms with Gasteiger partial charge in [-0.3, -0.25) is 0 Å². The molecule has 1 aromatic carbocycles. The maximum absolute atomic E-state index is 9.69. The summed E-state index contributed by atoms with van der Waals surface area (Å²) in [7, 11) is 1.92. The molecule has 1 rings (SSSR count). The van der Waals surface area contributed by atoms with Crippen LogP contribution in [0.3, 0.4) is 0 Å². The average Bonchev–Trinajstić information content (AvgIpc) is 2.43. The predicted molar refractivity (Wildman–Crippen MR) is 76.4 cm³/mol. The number of benzene rings is 1. The van der Waals surface area contributed by atoms with Crippen molar-refractivity contribution in [3.8, 4) is 5.75 Å². The van der Waals surface area contributed by atoms with E-state index in [0.29, 0.717) is 13.2 Å². The lowest BCUT2D eigenvalue weighted by Crippen LogP contribution is -2.23. The summed E-state index contributed by atoms with van der Waals surface area (Å²) in [6, 6.07) is 7.85. The van der Waals surface area contributed by atoms with Gasteiger partial charge < -0.3 is 19.9 Å². The molecule has 0 aliphatic carbocycles. The number of aliphatic hydroxyl groups is 1. The molecule has 1 atom stereocenters. The molecule has 0 saturated carbocycles. The van der Waals surface area contributed by atoms with Crippen LogP contribution in [0.5, 0.6) is 5.75 Å². The van der Waals surface area contributed by atoms with Crippen molar-refractivity contribution in [1.29, 1.82) is 0 Å². The molecule has 1 aromatic rings. The molecule has 0 saturated heterocycles. The molecule has 4 heteroatoms. The third kappa shape index (κ3) is 7.15. The fraction of sp³-hybridized carbons (Fsp3) is 0.600. The molecule has 19 heavy (non-hydrogen) atoms. The fourth-order valence-electron chi connectivity index (χ4n) is 1.61. The normalized spacial score (nSPS) is 12.4. The van der Waals surface area contributed by atoms with Crippen LogP contribution in [0, 0.1) is 0 Å². The quantitative estimate of drug-likeness (QED) is 0.636. The molecule has 0 aromatic heterocycles. The third-order valence-corrected chi connectivity index (χ3v) is 2.70. The van der Waals surface area contributed by atoms with Crippen LogP contribution >= 0.6 is 0 Å². The Morgan fingerprint density at radius 2 is 1.95 bits per heavy atom. The summed E-state index contributed by atoms with van der Waals surface area (Å²) < 4.78 is 10.8. The molecule has 0 fully saturated rings. The van der Waals surface area contributed by atoms with E-state index in [0.717, 1.165) is 25.1 Å². The van der Waals surface area contributed by atoms with Crippen molar-refractivity contribution >= 4 is 0 Å². The van der Waals surface area contributed by atoms with Crippen LogP contribution in [-0.4, -0.2) is 38.1 Å². The second-order valence-electron chi connectivity index (χ2n) is 4.57. The Labute approximate surface area is 115 Å². The van der Waals surface area contributed by atoms with Crippen molar-refractivity contribution < 1.29 is 14.6 Å². The van der Waals surface area contributed by atoms with Crippen LogP contribution in [0.15, 0.2) is 24.3 Å². The van der Waals surface area contributed by atoms with Crippen LogP contribution in [0.2, 0.25) is 0 Å². The first-order valence-corrected chi connectivity index (χ1v) is 6.88. The SMILES string of the molecule is CCCCOCC(O)COc1ccc(CNC)cc1. The second-order valence-corrected chi connectivity index (χ2v) is 4.57. The minimum absolute atomic E-state index is 0.261. The summed E-state index contributed by atoms with van der Waals surface area (Å²) in [5, 5.41) is 12.8. The van der Waals surface area contributed by atoms with E-state index in [9.17, 15) is 5.11 Å². The largest absolute Gasteiger partial charge is 0.491 e. The van der Waals surface area contributed by atoms with Gasteiger partial charge >= 0.3 is 0 Å². The van der Waals surface area contributed by atoms with Crippen molar-refractivity contribution in [3.63, 3.8) is 0 Å². The smallest absolute Gasteiger partial charge is 0.119 e. The van der Waals surface area contributed by atoms with Gasteiger partial charge in [0.05, 0.1) is 6.61 Å². The van der Waals surface area contributed by atoms with Crippen molar-refractivity contribution in [2.24, 2.45) is 0 Å². The van der Waals surface area contributed by atoms with Gasteiger partial charge in [0.2, 0.25) is 0 Å². The van der Waals surface area contributed by atoms with E-state index in [-0.39, 0.29) is 6.61 Å². The zero-order valence-electron chi connectivity index (χ0n) is 11.9. The summed E-state index contributed by atoms with van der Waals surface area (Å²) >= 11 is 0. The van der Waals surface area contributed by atoms with Gasteiger partial charge in [-0.1, -0.05) is 25.5 Å². The molecule has 0 aliphatic heterocycles. The van der Waals surface area contributed by atoms with Crippen molar-refractivity contribution in [2.75, 3.05) is 26.9 Å². The lowest BCUT2D eigenvalue weighted by molar-refractivity contribution is 0.0113. The molecule has 4 nitrogen and oxygen atoms in total. The average molecular weight is 267 g/mol. The molecule has 0 amide bonds. The van der Waals surface area contributed by atoms with Gasteiger partial charge in [0, 0.05) is 13.2 Å². The zero-order valence-corrected chi connectivity index (χ0v) is 11.9. The molecule has 0 spiro atoms. The monoisotopic (exact) mass is 267 g/mol. The number of unbranched alkanes of at least 4 members (excludes halogenated alkanes) is 1. The van der Waals surface area contributed by atoms with E-state index in [1.807, 2.05) is 31.3 Å². The summed E-state index contributed by atoms with van der Waals surface area (Å²) in [6.07, 6.45) is 1.56. The van der Waals surface area contributed by atoms with Gasteiger partial charge in [-0.25, -0.2) is 0 Å². The van der Waals surface area contributed by atoms with Gasteiger partial charge in [-0.2, -0.15) is 0 Å². The van der Waals surface area contributed by atoms with Crippen molar-refractivity contribution in [2.45, 2.75) is 32.4 Å². The van der Waals surface area contributed by atoms with E-state index in [1.54, 1.807) is 0 Å². The zero-order chi connectivity index (χ0) is 13.9. The van der Waals surface area contributed by atoms with Crippen LogP contribution in [-0.2, 0) is 11.3 Å². The molecule has 0 aliphatic rings. The van der Waals surface area contributed by atoms with E-state index in [2.05, 4.69) is 12.2 Å². The van der Waals surface area contributed by atoms with E-state index >= 15 is 0 Å². The maximum atomic E-state index is 9.69. The summed E-state index contributed by atoms with van der Waals surface area (Å²) in [4.78, 5) is 0. The molecule has 2 N–H and O–H groups in total. The van der Waals surface area contributed by atoms with Gasteiger partial charge in [-0.15, -0.1) is 0 Å². The molecule has 0 heterocycles. The molecule has 108 valence electrons. The molecule has 0 radical (unpaired) electrons. The minimum atomic E-state index is -0.575. The number of nitrogens with one attached hydrogen (secondary N) is 1. The molecular formula is C15H25NO3. The fourth-order valence-corrected chi connectivity index (χ4v) is 1.61. The first-order valence-electron chi connectivity index (χ1n) is 6.88. The van der Waals surface area contributed by atoms with E-state index < -0.39 is 6.10 Å². The first-order chi connectivity index (χ1) is 9.26. The number of rotatable bonds is 10. The topological polar surface area (TPSA) is 50.7 Å². The van der Waals surface area contributed by atoms with Crippen molar-refractivity contribution in [1.82, 2.24) is 5.32 Å². The third-order valence-electron chi connectivity index (χ3n) is 2.70. The summed E-state index contributed by atoms with van der Waals surface area (Å²) in [5.41, 5.74) is 1.21. The Bertz CT molecular complexity index is 327. The highest BCUT2D eigenvalue weighted by Gasteiger charge is 2.05. The van der Waals surface area contributed by atoms with Crippen LogP contribution in [0.4, 0.5) is 0 Å². The minimum Gasteiger partial charge on any atom is -0.491 e. The van der Waals surface area contributed by atoms with Crippen LogP contribution < -0.4 is 10.1 Å². The number of aliphatic hydroxyl groups excluding tert-OH is 1. The molecule has 0 bridgehead atoms. The van der Waals surface area contributed by atoms with Gasteiger partial charge in [0.1, 0.15) is 18.5 Å². The summed E-state index contributed by atoms with van der Waals surface area (Å²) in [6.45, 7) is 4.25. The second kappa shape index (κ2) is 9.78. The van der Waals surface area contributed by atoms with Gasteiger partial charge in [0.25, 0.3) is 0 Å². The number of hydrogen-bond acceptors (Lipinski definition) is 4. The highest BCUT2D eigenvalue weighted by molar-refractivity contribution is 5.27. The highest BCUT2D eigenvalue weighted by atomic mass is 16.5. The Kier molecular flexibility index (Phi) is 8.21. The highest BCUT2D eigenvalue weighted by Crippen LogP contribution is 2.12. The van der Waals surface area contributed by atoms with Gasteiger partial charge in [0.15, 0.2) is 0 Å². The predicted octanol–water partition coefficient (Wildman–Crippen LogP) is 1.96. The van der Waals surface area contributed by atoms with E-state index in [4.69, 9.17) is 9.47 Å². The van der Waals surface area contributed by atoms with Gasteiger partial charge in [-0.05, 0) is 31.2 Å². The Morgan fingerprint density at radius 1 is 1.21 bits per heavy atom. The number of ether oxygens (including phenoxy) is 2. The summed E-state index contributed by atoms with van der Waals surface area (Å²) in [5.74, 6) is 0.771. The molecule has 1 unspecified atom stereocenters. The Morgan fingerprint density at radius 3 is 2.58 bits per heavy atom. The molecular weight excluding hydrogens is 242 g/mol. The van der Waals surface area contributed by atoms with E-state index in [1.165, 1.54) is 5.56 Å². The lowest BCUT2D eigenvalue weighted by atomic mass is 10.2. The first kappa shape index (κ1) is 16.0. The standard InChI is InChI=1S/C15H25NO3/c1-3-4-9-18-11-14(17)12-19-15-7-5-13(6-8-15)10-16-2/h5-8,14,16-17H,3-4,9-12H2,1-2H3. The number of hydrogen-bond donors (Lipinski definition) is 2.